The van der Waals surface area contributed by atoms with E-state index in [1.54, 1.807) is 24.3 Å². The maximum absolute atomic E-state index is 13.7. The smallest absolute Gasteiger partial charge is 0.246 e. The maximum atomic E-state index is 13.7. The molecule has 0 aliphatic rings. The lowest BCUT2D eigenvalue weighted by Crippen LogP contribution is -2.48. The Morgan fingerprint density at radius 2 is 1.91 bits per heavy atom. The molecule has 0 unspecified atom stereocenters. The third kappa shape index (κ3) is 5.22. The lowest BCUT2D eigenvalue weighted by atomic mass is 10.2. The number of carbonyl (C=O) groups is 1. The number of amides is 1. The Balaban J connectivity index is 1.80. The fourth-order valence-corrected chi connectivity index (χ4v) is 4.44. The van der Waals surface area contributed by atoms with E-state index in [1.165, 1.54) is 18.9 Å². The van der Waals surface area contributed by atoms with E-state index in [1.807, 2.05) is 0 Å². The van der Waals surface area contributed by atoms with Crippen molar-refractivity contribution in [2.75, 3.05) is 17.6 Å². The van der Waals surface area contributed by atoms with Crippen LogP contribution < -0.4 is 4.31 Å². The first kappa shape index (κ1) is 23.6. The number of sulfonamides is 1. The van der Waals surface area contributed by atoms with Crippen LogP contribution in [-0.2, 0) is 21.4 Å². The molecule has 2 aromatic carbocycles. The van der Waals surface area contributed by atoms with Gasteiger partial charge in [0, 0.05) is 23.7 Å². The Hall–Kier alpha value is -3.05. The highest BCUT2D eigenvalue weighted by Crippen LogP contribution is 2.24. The Morgan fingerprint density at radius 3 is 2.53 bits per heavy atom. The summed E-state index contributed by atoms with van der Waals surface area (Å²) in [5.74, 6) is -2.60. The molecule has 0 saturated carbocycles. The maximum Gasteiger partial charge on any atom is 0.246 e. The number of likely N-dealkylation sites (N-methyl/N-ethyl adjacent to an activating group) is 1. The van der Waals surface area contributed by atoms with Crippen LogP contribution in [0.4, 0.5) is 14.5 Å². The number of rotatable bonds is 7. The highest BCUT2D eigenvalue weighted by Gasteiger charge is 2.32. The lowest BCUT2D eigenvalue weighted by Gasteiger charge is -2.30. The molecule has 1 amide bonds. The molecular formula is C20H19ClF2N4O4S. The van der Waals surface area contributed by atoms with Gasteiger partial charge in [-0.15, -0.1) is 0 Å². The first-order chi connectivity index (χ1) is 15.0. The van der Waals surface area contributed by atoms with Gasteiger partial charge in [0.25, 0.3) is 0 Å². The minimum absolute atomic E-state index is 0.105. The minimum Gasteiger partial charge on any atom is -0.337 e. The molecule has 3 aromatic rings. The van der Waals surface area contributed by atoms with Gasteiger partial charge in [0.15, 0.2) is 11.6 Å². The van der Waals surface area contributed by atoms with Gasteiger partial charge in [-0.05, 0) is 31.2 Å². The van der Waals surface area contributed by atoms with E-state index in [0.717, 1.165) is 28.8 Å². The van der Waals surface area contributed by atoms with Crippen molar-refractivity contribution in [3.63, 3.8) is 0 Å². The van der Waals surface area contributed by atoms with E-state index in [9.17, 15) is 22.0 Å². The second kappa shape index (κ2) is 9.21. The van der Waals surface area contributed by atoms with Crippen LogP contribution in [0.15, 0.2) is 47.0 Å². The first-order valence-electron chi connectivity index (χ1n) is 9.25. The van der Waals surface area contributed by atoms with E-state index in [-0.39, 0.29) is 23.9 Å². The largest absolute Gasteiger partial charge is 0.337 e. The summed E-state index contributed by atoms with van der Waals surface area (Å²) in [6.07, 6.45) is 0.868. The van der Waals surface area contributed by atoms with E-state index >= 15 is 0 Å². The number of carbonyl (C=O) groups excluding carboxylic acids is 1. The molecule has 32 heavy (non-hydrogen) atoms. The summed E-state index contributed by atoms with van der Waals surface area (Å²) in [7, 11) is -2.58. The first-order valence-corrected chi connectivity index (χ1v) is 11.5. The zero-order chi connectivity index (χ0) is 23.6. The average Bonchev–Trinajstić information content (AvgIpc) is 3.17. The molecule has 170 valence electrons. The Labute approximate surface area is 188 Å². The number of anilines is 1. The molecule has 0 saturated heterocycles. The van der Waals surface area contributed by atoms with Crippen molar-refractivity contribution in [2.45, 2.75) is 19.5 Å². The second-order valence-corrected chi connectivity index (χ2v) is 9.35. The molecule has 0 fully saturated rings. The minimum atomic E-state index is -4.00. The van der Waals surface area contributed by atoms with Gasteiger partial charge in [0.2, 0.25) is 27.6 Å². The monoisotopic (exact) mass is 484 g/mol. The van der Waals surface area contributed by atoms with Gasteiger partial charge in [0.05, 0.1) is 18.5 Å². The molecule has 12 heteroatoms. The van der Waals surface area contributed by atoms with Gasteiger partial charge in [0.1, 0.15) is 6.04 Å². The van der Waals surface area contributed by atoms with E-state index in [4.69, 9.17) is 16.1 Å². The molecule has 8 nitrogen and oxygen atoms in total. The molecule has 1 heterocycles. The lowest BCUT2D eigenvalue weighted by molar-refractivity contribution is -0.131. The molecular weight excluding hydrogens is 466 g/mol. The summed E-state index contributed by atoms with van der Waals surface area (Å²) < 4.78 is 57.5. The summed E-state index contributed by atoms with van der Waals surface area (Å²) in [5.41, 5.74) is 0.443. The third-order valence-electron chi connectivity index (χ3n) is 4.52. The van der Waals surface area contributed by atoms with Gasteiger partial charge in [-0.3, -0.25) is 9.10 Å². The fourth-order valence-electron chi connectivity index (χ4n) is 3.09. The average molecular weight is 485 g/mol. The molecule has 0 aliphatic heterocycles. The van der Waals surface area contributed by atoms with Gasteiger partial charge < -0.3 is 9.42 Å². The van der Waals surface area contributed by atoms with Crippen molar-refractivity contribution in [2.24, 2.45) is 0 Å². The van der Waals surface area contributed by atoms with Crippen LogP contribution in [0.5, 0.6) is 0 Å². The summed E-state index contributed by atoms with van der Waals surface area (Å²) in [4.78, 5) is 18.3. The summed E-state index contributed by atoms with van der Waals surface area (Å²) in [5, 5.41) is 4.35. The Bertz CT molecular complexity index is 1250. The fraction of sp³-hybridized carbons (Fsp3) is 0.250. The van der Waals surface area contributed by atoms with Crippen molar-refractivity contribution >= 4 is 33.2 Å². The van der Waals surface area contributed by atoms with E-state index < -0.39 is 33.6 Å². The predicted octanol–water partition coefficient (Wildman–Crippen LogP) is 3.48. The van der Waals surface area contributed by atoms with Crippen molar-refractivity contribution in [1.29, 1.82) is 0 Å². The number of halogens is 3. The molecule has 1 aromatic heterocycles. The van der Waals surface area contributed by atoms with Gasteiger partial charge in [-0.2, -0.15) is 4.98 Å². The molecule has 0 N–H and O–H groups in total. The second-order valence-electron chi connectivity index (χ2n) is 7.05. The van der Waals surface area contributed by atoms with Crippen molar-refractivity contribution in [3.8, 4) is 11.4 Å². The van der Waals surface area contributed by atoms with Crippen LogP contribution in [0.25, 0.3) is 11.4 Å². The molecule has 0 bridgehead atoms. The summed E-state index contributed by atoms with van der Waals surface area (Å²) in [6.45, 7) is 1.23. The number of nitrogens with zero attached hydrogens (tertiary/aromatic N) is 4. The van der Waals surface area contributed by atoms with Crippen LogP contribution in [0.1, 0.15) is 12.8 Å². The summed E-state index contributed by atoms with van der Waals surface area (Å²) >= 11 is 5.96. The van der Waals surface area contributed by atoms with Crippen molar-refractivity contribution in [1.82, 2.24) is 15.0 Å². The molecule has 0 spiro atoms. The van der Waals surface area contributed by atoms with Crippen LogP contribution in [0.2, 0.25) is 5.02 Å². The van der Waals surface area contributed by atoms with Crippen LogP contribution in [0.3, 0.4) is 0 Å². The Kier molecular flexibility index (Phi) is 6.79. The van der Waals surface area contributed by atoms with Crippen molar-refractivity contribution in [3.05, 3.63) is 65.0 Å². The zero-order valence-corrected chi connectivity index (χ0v) is 18.9. The standard InChI is InChI=1S/C20H19ClF2N4O4S/c1-12(27(32(3,29)30)15-7-8-16(22)17(23)10-15)20(28)26(2)11-18-24-19(25-31-18)13-5-4-6-14(21)9-13/h4-10,12H,11H2,1-3H3/t12-/m1/s1. The zero-order valence-electron chi connectivity index (χ0n) is 17.3. The predicted molar refractivity (Wildman–Crippen MR) is 114 cm³/mol. The van der Waals surface area contributed by atoms with Gasteiger partial charge in [-0.1, -0.05) is 28.9 Å². The molecule has 3 rings (SSSR count). The topological polar surface area (TPSA) is 96.6 Å². The normalized spacial score (nSPS) is 12.4. The highest BCUT2D eigenvalue weighted by atomic mass is 35.5. The van der Waals surface area contributed by atoms with Crippen LogP contribution in [0, 0.1) is 11.6 Å². The van der Waals surface area contributed by atoms with Gasteiger partial charge >= 0.3 is 0 Å². The number of hydrogen-bond acceptors (Lipinski definition) is 6. The third-order valence-corrected chi connectivity index (χ3v) is 6.00. The quantitative estimate of drug-likeness (QED) is 0.509. The highest BCUT2D eigenvalue weighted by molar-refractivity contribution is 7.92. The Morgan fingerprint density at radius 1 is 1.19 bits per heavy atom. The van der Waals surface area contributed by atoms with Crippen molar-refractivity contribution < 1.29 is 26.5 Å². The van der Waals surface area contributed by atoms with Crippen LogP contribution in [-0.4, -0.2) is 48.7 Å². The number of benzene rings is 2. The summed E-state index contributed by atoms with van der Waals surface area (Å²) in [6, 6.07) is 8.15. The molecule has 0 radical (unpaired) electrons. The van der Waals surface area contributed by atoms with Crippen LogP contribution >= 0.6 is 11.6 Å². The molecule has 0 aliphatic carbocycles. The van der Waals surface area contributed by atoms with Gasteiger partial charge in [-0.25, -0.2) is 17.2 Å². The van der Waals surface area contributed by atoms with E-state index in [0.29, 0.717) is 10.6 Å². The number of hydrogen-bond donors (Lipinski definition) is 0. The SMILES string of the molecule is C[C@H](C(=O)N(C)Cc1nc(-c2cccc(Cl)c2)no1)N(c1ccc(F)c(F)c1)S(C)(=O)=O. The van der Waals surface area contributed by atoms with E-state index in [2.05, 4.69) is 10.1 Å². The number of aromatic nitrogens is 2. The molecule has 1 atom stereocenters.